The molecule has 0 aliphatic heterocycles. The Kier molecular flexibility index (Phi) is 7.81. The third kappa shape index (κ3) is 5.36. The zero-order chi connectivity index (χ0) is 14.4. The molecule has 0 unspecified atom stereocenters. The second-order valence-corrected chi connectivity index (χ2v) is 5.40. The minimum absolute atomic E-state index is 0. The second-order valence-electron chi connectivity index (χ2n) is 5.40. The summed E-state index contributed by atoms with van der Waals surface area (Å²) in [6.45, 7) is 3.77. The molecule has 1 aromatic carbocycles. The van der Waals surface area contributed by atoms with Gasteiger partial charge in [-0.05, 0) is 44.5 Å². The summed E-state index contributed by atoms with van der Waals surface area (Å²) in [5, 5.41) is 2.32. The van der Waals surface area contributed by atoms with Gasteiger partial charge in [-0.2, -0.15) is 0 Å². The first kappa shape index (κ1) is 18.0. The fourth-order valence-electron chi connectivity index (χ4n) is 2.14. The van der Waals surface area contributed by atoms with E-state index in [2.05, 4.69) is 36.1 Å². The van der Waals surface area contributed by atoms with Crippen LogP contribution < -0.4 is 4.74 Å². The Bertz CT molecular complexity index is 557. The topological polar surface area (TPSA) is 25.4 Å². The number of unbranched alkanes of at least 4 members (excludes halogenated alkanes) is 1. The molecule has 0 saturated carbocycles. The fourth-order valence-corrected chi connectivity index (χ4v) is 2.14. The maximum atomic E-state index is 5.90. The van der Waals surface area contributed by atoms with Crippen molar-refractivity contribution >= 4 is 29.6 Å². The maximum absolute atomic E-state index is 5.90. The minimum atomic E-state index is 0. The van der Waals surface area contributed by atoms with Crippen LogP contribution in [0.4, 0.5) is 0 Å². The van der Waals surface area contributed by atoms with Gasteiger partial charge in [0.25, 0.3) is 0 Å². The second kappa shape index (κ2) is 9.10. The average Bonchev–Trinajstić information content (AvgIpc) is 2.44. The van der Waals surface area contributed by atoms with Crippen LogP contribution >= 0.6 is 0 Å². The number of aryl methyl sites for hydroxylation is 1. The van der Waals surface area contributed by atoms with Crippen LogP contribution in [-0.4, -0.2) is 56.0 Å². The van der Waals surface area contributed by atoms with Crippen molar-refractivity contribution < 1.29 is 4.74 Å². The molecule has 2 aromatic rings. The van der Waals surface area contributed by atoms with Crippen LogP contribution in [0.15, 0.2) is 30.3 Å². The van der Waals surface area contributed by atoms with E-state index in [9.17, 15) is 0 Å². The quantitative estimate of drug-likeness (QED) is 0.729. The van der Waals surface area contributed by atoms with Gasteiger partial charge in [0.05, 0.1) is 0 Å². The van der Waals surface area contributed by atoms with E-state index in [-0.39, 0.29) is 18.9 Å². The van der Waals surface area contributed by atoms with E-state index < -0.39 is 0 Å². The summed E-state index contributed by atoms with van der Waals surface area (Å²) in [5.74, 6) is 0.774. The number of aromatic nitrogens is 1. The zero-order valence-electron chi connectivity index (χ0n) is 12.7. The van der Waals surface area contributed by atoms with Crippen LogP contribution in [0.1, 0.15) is 25.5 Å². The molecule has 4 heteroatoms. The molecule has 1 aromatic heterocycles. The summed E-state index contributed by atoms with van der Waals surface area (Å²) in [5.41, 5.74) is 1.13. The Morgan fingerprint density at radius 2 is 1.95 bits per heavy atom. The van der Waals surface area contributed by atoms with Crippen molar-refractivity contribution in [1.29, 1.82) is 0 Å². The van der Waals surface area contributed by atoms with Gasteiger partial charge in [0.1, 0.15) is 6.61 Å². The van der Waals surface area contributed by atoms with Crippen LogP contribution in [0.2, 0.25) is 0 Å². The van der Waals surface area contributed by atoms with Crippen molar-refractivity contribution in [3.05, 3.63) is 36.0 Å². The number of fused-ring (bicyclic) bond motifs is 1. The van der Waals surface area contributed by atoms with E-state index >= 15 is 0 Å². The van der Waals surface area contributed by atoms with Gasteiger partial charge in [-0.25, -0.2) is 4.98 Å². The standard InChI is InChI=1S/C17H24N2O.Li.H/c1-4-5-9-15-13-14-8-6-7-10-16(14)17(18-15)20-12-11-19(2)3;;/h6-8,10,13H,4-5,9,11-12H2,1-3H3;;. The van der Waals surface area contributed by atoms with Gasteiger partial charge in [0.2, 0.25) is 5.88 Å². The summed E-state index contributed by atoms with van der Waals surface area (Å²) in [4.78, 5) is 6.81. The molecule has 0 fully saturated rings. The summed E-state index contributed by atoms with van der Waals surface area (Å²) in [7, 11) is 4.10. The van der Waals surface area contributed by atoms with E-state index in [0.717, 1.165) is 29.9 Å². The molecule has 110 valence electrons. The van der Waals surface area contributed by atoms with Crippen molar-refractivity contribution in [1.82, 2.24) is 9.88 Å². The van der Waals surface area contributed by atoms with Crippen LogP contribution in [-0.2, 0) is 6.42 Å². The van der Waals surface area contributed by atoms with Crippen molar-refractivity contribution in [3.63, 3.8) is 0 Å². The van der Waals surface area contributed by atoms with Gasteiger partial charge in [-0.15, -0.1) is 0 Å². The summed E-state index contributed by atoms with van der Waals surface area (Å²) in [6.07, 6.45) is 3.37. The SMILES string of the molecule is CCCCc1cc2ccccc2c(OCCN(C)C)n1.[LiH]. The molecule has 3 nitrogen and oxygen atoms in total. The molecular weight excluding hydrogens is 255 g/mol. The summed E-state index contributed by atoms with van der Waals surface area (Å²) >= 11 is 0. The van der Waals surface area contributed by atoms with Crippen molar-refractivity contribution in [3.8, 4) is 5.88 Å². The van der Waals surface area contributed by atoms with Gasteiger partial charge >= 0.3 is 18.9 Å². The number of pyridine rings is 1. The van der Waals surface area contributed by atoms with E-state index in [4.69, 9.17) is 9.72 Å². The third-order valence-corrected chi connectivity index (χ3v) is 3.32. The first-order valence-electron chi connectivity index (χ1n) is 7.37. The Hall–Kier alpha value is -1.01. The fraction of sp³-hybridized carbons (Fsp3) is 0.471. The molecular formula is C17H25LiN2O. The molecule has 0 radical (unpaired) electrons. The van der Waals surface area contributed by atoms with Crippen LogP contribution in [0.3, 0.4) is 0 Å². The number of ether oxygens (including phenoxy) is 1. The van der Waals surface area contributed by atoms with Crippen molar-refractivity contribution in [2.45, 2.75) is 26.2 Å². The number of rotatable bonds is 7. The Labute approximate surface area is 139 Å². The Morgan fingerprint density at radius 3 is 2.67 bits per heavy atom. The molecule has 0 amide bonds. The molecule has 0 N–H and O–H groups in total. The van der Waals surface area contributed by atoms with Gasteiger partial charge in [-0.3, -0.25) is 0 Å². The van der Waals surface area contributed by atoms with Crippen LogP contribution in [0.25, 0.3) is 10.8 Å². The molecule has 0 bridgehead atoms. The van der Waals surface area contributed by atoms with Gasteiger partial charge in [0.15, 0.2) is 0 Å². The Morgan fingerprint density at radius 1 is 1.19 bits per heavy atom. The monoisotopic (exact) mass is 280 g/mol. The molecule has 2 rings (SSSR count). The number of hydrogen-bond acceptors (Lipinski definition) is 3. The zero-order valence-corrected chi connectivity index (χ0v) is 12.7. The van der Waals surface area contributed by atoms with E-state index in [0.29, 0.717) is 6.61 Å². The van der Waals surface area contributed by atoms with Gasteiger partial charge < -0.3 is 9.64 Å². The molecule has 21 heavy (non-hydrogen) atoms. The van der Waals surface area contributed by atoms with Crippen molar-refractivity contribution in [2.24, 2.45) is 0 Å². The first-order valence-corrected chi connectivity index (χ1v) is 7.37. The molecule has 0 spiro atoms. The summed E-state index contributed by atoms with van der Waals surface area (Å²) in [6, 6.07) is 10.5. The van der Waals surface area contributed by atoms with E-state index in [1.165, 1.54) is 18.2 Å². The number of likely N-dealkylation sites (N-methyl/N-ethyl adjacent to an activating group) is 1. The van der Waals surface area contributed by atoms with Crippen LogP contribution in [0.5, 0.6) is 5.88 Å². The number of nitrogens with zero attached hydrogens (tertiary/aromatic N) is 2. The molecule has 0 aliphatic carbocycles. The molecule has 0 atom stereocenters. The van der Waals surface area contributed by atoms with E-state index in [1.807, 2.05) is 20.2 Å². The predicted molar refractivity (Wildman–Crippen MR) is 91.6 cm³/mol. The first-order chi connectivity index (χ1) is 9.70. The Balaban J connectivity index is 0.00000220. The molecule has 0 aliphatic rings. The normalized spacial score (nSPS) is 10.7. The average molecular weight is 280 g/mol. The van der Waals surface area contributed by atoms with Crippen LogP contribution in [0, 0.1) is 0 Å². The van der Waals surface area contributed by atoms with Crippen molar-refractivity contribution in [2.75, 3.05) is 27.2 Å². The van der Waals surface area contributed by atoms with E-state index in [1.54, 1.807) is 0 Å². The summed E-state index contributed by atoms with van der Waals surface area (Å²) < 4.78 is 5.90. The predicted octanol–water partition coefficient (Wildman–Crippen LogP) is 2.87. The van der Waals surface area contributed by atoms with Gasteiger partial charge in [0, 0.05) is 17.6 Å². The number of benzene rings is 1. The molecule has 0 saturated heterocycles. The number of hydrogen-bond donors (Lipinski definition) is 0. The van der Waals surface area contributed by atoms with Gasteiger partial charge in [-0.1, -0.05) is 31.5 Å². The molecule has 1 heterocycles. The third-order valence-electron chi connectivity index (χ3n) is 3.32.